The Hall–Kier alpha value is -1.74. The second kappa shape index (κ2) is 7.65. The summed E-state index contributed by atoms with van der Waals surface area (Å²) in [5.74, 6) is 0. The van der Waals surface area contributed by atoms with Crippen molar-refractivity contribution in [3.63, 3.8) is 0 Å². The van der Waals surface area contributed by atoms with Gasteiger partial charge >= 0.3 is 0 Å². The summed E-state index contributed by atoms with van der Waals surface area (Å²) in [5.41, 5.74) is 8.22. The van der Waals surface area contributed by atoms with Crippen LogP contribution in [0.4, 0.5) is 0 Å². The second-order valence-corrected chi connectivity index (χ2v) is 8.69. The van der Waals surface area contributed by atoms with E-state index in [1.54, 1.807) is 23.0 Å². The molecule has 0 aliphatic heterocycles. The molecule has 3 rings (SSSR count). The average molecular weight is 399 g/mol. The standard InChI is InChI=1S/C16H18N4O2S2.ClH/c1-3-11-4-12(13-8-19-20(2)10-13)6-14(5-11)24(21,22)16-9-18-15(7-17)23-16;/h4-6,8-10H,3,7,17H2,1-2H3;1H. The van der Waals surface area contributed by atoms with Gasteiger partial charge < -0.3 is 5.73 Å². The first kappa shape index (κ1) is 19.6. The predicted molar refractivity (Wildman–Crippen MR) is 101 cm³/mol. The monoisotopic (exact) mass is 398 g/mol. The van der Waals surface area contributed by atoms with Gasteiger partial charge in [-0.05, 0) is 29.7 Å². The zero-order valence-electron chi connectivity index (χ0n) is 13.8. The van der Waals surface area contributed by atoms with Crippen LogP contribution in [0.15, 0.2) is 45.9 Å². The molecule has 9 heteroatoms. The number of sulfone groups is 1. The molecule has 0 aliphatic carbocycles. The van der Waals surface area contributed by atoms with E-state index in [0.29, 0.717) is 5.01 Å². The minimum absolute atomic E-state index is 0. The number of rotatable bonds is 5. The quantitative estimate of drug-likeness (QED) is 0.713. The van der Waals surface area contributed by atoms with E-state index in [0.717, 1.165) is 34.4 Å². The number of hydrogen-bond donors (Lipinski definition) is 1. The molecule has 3 aromatic rings. The van der Waals surface area contributed by atoms with Gasteiger partial charge in [0.25, 0.3) is 0 Å². The normalized spacial score (nSPS) is 11.3. The van der Waals surface area contributed by atoms with E-state index in [1.165, 1.54) is 6.20 Å². The molecule has 0 atom stereocenters. The fourth-order valence-corrected chi connectivity index (χ4v) is 4.94. The van der Waals surface area contributed by atoms with Crippen LogP contribution in [0.5, 0.6) is 0 Å². The third kappa shape index (κ3) is 3.92. The van der Waals surface area contributed by atoms with E-state index in [1.807, 2.05) is 26.2 Å². The fraction of sp³-hybridized carbons (Fsp3) is 0.250. The number of nitrogens with zero attached hydrogens (tertiary/aromatic N) is 3. The van der Waals surface area contributed by atoms with Gasteiger partial charge in [0, 0.05) is 25.4 Å². The Morgan fingerprint density at radius 3 is 2.52 bits per heavy atom. The molecule has 0 fully saturated rings. The molecule has 0 radical (unpaired) electrons. The largest absolute Gasteiger partial charge is 0.325 e. The Kier molecular flexibility index (Phi) is 5.99. The zero-order chi connectivity index (χ0) is 17.3. The van der Waals surface area contributed by atoms with E-state index in [-0.39, 0.29) is 28.1 Å². The lowest BCUT2D eigenvalue weighted by Gasteiger charge is -2.08. The second-order valence-electron chi connectivity index (χ2n) is 5.40. The highest BCUT2D eigenvalue weighted by atomic mass is 35.5. The van der Waals surface area contributed by atoms with Crippen LogP contribution in [-0.2, 0) is 29.9 Å². The highest BCUT2D eigenvalue weighted by Gasteiger charge is 2.22. The van der Waals surface area contributed by atoms with Crippen LogP contribution in [0.25, 0.3) is 11.1 Å². The highest BCUT2D eigenvalue weighted by molar-refractivity contribution is 7.93. The molecular formula is C16H19ClN4O2S2. The van der Waals surface area contributed by atoms with Crippen molar-refractivity contribution in [1.82, 2.24) is 14.8 Å². The lowest BCUT2D eigenvalue weighted by Crippen LogP contribution is -2.01. The van der Waals surface area contributed by atoms with Gasteiger partial charge in [-0.2, -0.15) is 5.10 Å². The number of hydrogen-bond acceptors (Lipinski definition) is 6. The first-order valence-electron chi connectivity index (χ1n) is 7.47. The van der Waals surface area contributed by atoms with E-state index < -0.39 is 9.84 Å². The first-order chi connectivity index (χ1) is 11.4. The summed E-state index contributed by atoms with van der Waals surface area (Å²) >= 11 is 1.11. The fourth-order valence-electron chi connectivity index (χ4n) is 2.39. The average Bonchev–Trinajstić information content (AvgIpc) is 3.23. The van der Waals surface area contributed by atoms with Gasteiger partial charge in [0.1, 0.15) is 9.22 Å². The smallest absolute Gasteiger partial charge is 0.217 e. The number of halogens is 1. The summed E-state index contributed by atoms with van der Waals surface area (Å²) in [6, 6.07) is 5.40. The Bertz CT molecular complexity index is 980. The maximum atomic E-state index is 12.9. The van der Waals surface area contributed by atoms with Crippen LogP contribution in [0, 0.1) is 0 Å². The maximum absolute atomic E-state index is 12.9. The third-order valence-corrected chi connectivity index (χ3v) is 6.91. The molecule has 0 saturated carbocycles. The van der Waals surface area contributed by atoms with Gasteiger partial charge in [0.2, 0.25) is 9.84 Å². The number of thiazole rings is 1. The van der Waals surface area contributed by atoms with Gasteiger partial charge in [0.15, 0.2) is 0 Å². The molecule has 0 bridgehead atoms. The minimum atomic E-state index is -3.61. The molecular weight excluding hydrogens is 380 g/mol. The van der Waals surface area contributed by atoms with Crippen LogP contribution in [0.2, 0.25) is 0 Å². The molecule has 1 aromatic carbocycles. The van der Waals surface area contributed by atoms with Gasteiger partial charge in [-0.1, -0.05) is 13.0 Å². The molecule has 0 aliphatic rings. The van der Waals surface area contributed by atoms with Crippen LogP contribution in [-0.4, -0.2) is 23.2 Å². The maximum Gasteiger partial charge on any atom is 0.217 e. The van der Waals surface area contributed by atoms with Crippen molar-refractivity contribution in [3.8, 4) is 11.1 Å². The third-order valence-electron chi connectivity index (χ3n) is 3.69. The van der Waals surface area contributed by atoms with Gasteiger partial charge in [-0.3, -0.25) is 4.68 Å². The van der Waals surface area contributed by atoms with Gasteiger partial charge in [-0.15, -0.1) is 23.7 Å². The Morgan fingerprint density at radius 1 is 1.20 bits per heavy atom. The molecule has 6 nitrogen and oxygen atoms in total. The summed E-state index contributed by atoms with van der Waals surface area (Å²) in [5, 5.41) is 4.76. The van der Waals surface area contributed by atoms with Crippen molar-refractivity contribution >= 4 is 33.6 Å². The number of aromatic nitrogens is 3. The van der Waals surface area contributed by atoms with E-state index in [9.17, 15) is 8.42 Å². The molecule has 2 aromatic heterocycles. The highest BCUT2D eigenvalue weighted by Crippen LogP contribution is 2.30. The van der Waals surface area contributed by atoms with Crippen LogP contribution in [0.3, 0.4) is 0 Å². The van der Waals surface area contributed by atoms with Crippen LogP contribution < -0.4 is 5.73 Å². The predicted octanol–water partition coefficient (Wildman–Crippen LogP) is 2.82. The molecule has 2 heterocycles. The lowest BCUT2D eigenvalue weighted by atomic mass is 10.0. The van der Waals surface area contributed by atoms with E-state index in [2.05, 4.69) is 10.1 Å². The topological polar surface area (TPSA) is 90.9 Å². The molecule has 25 heavy (non-hydrogen) atoms. The number of nitrogens with two attached hydrogens (primary N) is 1. The van der Waals surface area contributed by atoms with Gasteiger partial charge in [-0.25, -0.2) is 13.4 Å². The summed E-state index contributed by atoms with van der Waals surface area (Å²) in [7, 11) is -1.78. The molecule has 0 unspecified atom stereocenters. The Labute approximate surface area is 157 Å². The van der Waals surface area contributed by atoms with E-state index >= 15 is 0 Å². The van der Waals surface area contributed by atoms with E-state index in [4.69, 9.17) is 5.73 Å². The van der Waals surface area contributed by atoms with Gasteiger partial charge in [0.05, 0.1) is 17.3 Å². The molecule has 2 N–H and O–H groups in total. The summed E-state index contributed by atoms with van der Waals surface area (Å²) in [6.45, 7) is 2.23. The number of aryl methyl sites for hydroxylation is 2. The number of benzene rings is 1. The molecule has 0 saturated heterocycles. The molecule has 0 amide bonds. The summed E-state index contributed by atoms with van der Waals surface area (Å²) < 4.78 is 27.8. The summed E-state index contributed by atoms with van der Waals surface area (Å²) in [4.78, 5) is 4.33. The van der Waals surface area contributed by atoms with Crippen molar-refractivity contribution < 1.29 is 8.42 Å². The SMILES string of the molecule is CCc1cc(-c2cnn(C)c2)cc(S(=O)(=O)c2cnc(CN)s2)c1.Cl. The van der Waals surface area contributed by atoms with Crippen molar-refractivity contribution in [2.75, 3.05) is 0 Å². The van der Waals surface area contributed by atoms with Crippen molar-refractivity contribution in [1.29, 1.82) is 0 Å². The molecule has 0 spiro atoms. The van der Waals surface area contributed by atoms with Crippen LogP contribution >= 0.6 is 23.7 Å². The zero-order valence-corrected chi connectivity index (χ0v) is 16.3. The molecule has 134 valence electrons. The van der Waals surface area contributed by atoms with Crippen molar-refractivity contribution in [2.24, 2.45) is 12.8 Å². The van der Waals surface area contributed by atoms with Crippen LogP contribution in [0.1, 0.15) is 17.5 Å². The lowest BCUT2D eigenvalue weighted by molar-refractivity contribution is 0.598. The summed E-state index contributed by atoms with van der Waals surface area (Å²) in [6.07, 6.45) is 5.71. The first-order valence-corrected chi connectivity index (χ1v) is 9.77. The Morgan fingerprint density at radius 2 is 1.96 bits per heavy atom. The minimum Gasteiger partial charge on any atom is -0.325 e. The van der Waals surface area contributed by atoms with Crippen molar-refractivity contribution in [3.05, 3.63) is 47.4 Å². The van der Waals surface area contributed by atoms with Crippen molar-refractivity contribution in [2.45, 2.75) is 29.0 Å². The Balaban J connectivity index is 0.00000225.